The second-order valence-corrected chi connectivity index (χ2v) is 8.54. The summed E-state index contributed by atoms with van der Waals surface area (Å²) in [6.07, 6.45) is 2.98. The lowest BCUT2D eigenvalue weighted by Crippen LogP contribution is -2.36. The van der Waals surface area contributed by atoms with Crippen LogP contribution in [0.15, 0.2) is 0 Å². The normalized spacial score (nSPS) is 24.8. The molecule has 0 unspecified atom stereocenters. The van der Waals surface area contributed by atoms with Crippen molar-refractivity contribution in [2.45, 2.75) is 44.4 Å². The van der Waals surface area contributed by atoms with E-state index in [-0.39, 0.29) is 0 Å². The van der Waals surface area contributed by atoms with E-state index in [0.29, 0.717) is 0 Å². The largest absolute Gasteiger partial charge is 0.0691 e. The molecule has 0 atom stereocenters. The first-order chi connectivity index (χ1) is 3.77. The first kappa shape index (κ1) is 6.34. The molecule has 0 nitrogen and oxygen atoms in total. The van der Waals surface area contributed by atoms with Gasteiger partial charge in [0.1, 0.15) is 0 Å². The highest BCUT2D eigenvalue weighted by Crippen LogP contribution is 2.35. The van der Waals surface area contributed by atoms with E-state index in [0.717, 1.165) is 0 Å². The monoisotopic (exact) mass is 128 g/mol. The summed E-state index contributed by atoms with van der Waals surface area (Å²) < 4.78 is 0. The van der Waals surface area contributed by atoms with Crippen LogP contribution in [0.1, 0.15) is 19.8 Å². The minimum absolute atomic E-state index is 0.497. The zero-order valence-corrected chi connectivity index (χ0v) is 7.04. The molecule has 1 fully saturated rings. The molecular formula is C7H16Si. The first-order valence-electron chi connectivity index (χ1n) is 3.77. The summed E-state index contributed by atoms with van der Waals surface area (Å²) >= 11 is 0. The second kappa shape index (κ2) is 2.22. The van der Waals surface area contributed by atoms with Crippen LogP contribution in [-0.2, 0) is 0 Å². The number of hydrogen-bond donors (Lipinski definition) is 0. The maximum absolute atomic E-state index is 2.56. The topological polar surface area (TPSA) is 0 Å². The quantitative estimate of drug-likeness (QED) is 0.502. The third-order valence-electron chi connectivity index (χ3n) is 2.41. The average Bonchev–Trinajstić information content (AvgIpc) is 1.64. The lowest BCUT2D eigenvalue weighted by atomic mass is 10.5. The van der Waals surface area contributed by atoms with E-state index < -0.39 is 8.07 Å². The van der Waals surface area contributed by atoms with Crippen molar-refractivity contribution in [3.05, 3.63) is 0 Å². The Labute approximate surface area is 53.3 Å². The van der Waals surface area contributed by atoms with Crippen LogP contribution >= 0.6 is 0 Å². The predicted octanol–water partition coefficient (Wildman–Crippen LogP) is 2.88. The van der Waals surface area contributed by atoms with Gasteiger partial charge in [0.15, 0.2) is 0 Å². The van der Waals surface area contributed by atoms with Crippen LogP contribution in [0.4, 0.5) is 0 Å². The van der Waals surface area contributed by atoms with Gasteiger partial charge in [-0.3, -0.25) is 0 Å². The molecule has 0 aromatic heterocycles. The minimum Gasteiger partial charge on any atom is -0.0691 e. The lowest BCUT2D eigenvalue weighted by Gasteiger charge is -2.35. The molecule has 0 radical (unpaired) electrons. The van der Waals surface area contributed by atoms with Crippen molar-refractivity contribution in [1.29, 1.82) is 0 Å². The van der Waals surface area contributed by atoms with Crippen LogP contribution < -0.4 is 0 Å². The number of rotatable bonds is 2. The van der Waals surface area contributed by atoms with E-state index in [1.54, 1.807) is 24.6 Å². The molecule has 0 bridgehead atoms. The van der Waals surface area contributed by atoms with Crippen molar-refractivity contribution in [3.63, 3.8) is 0 Å². The Morgan fingerprint density at radius 1 is 1.38 bits per heavy atom. The predicted molar refractivity (Wildman–Crippen MR) is 40.9 cm³/mol. The van der Waals surface area contributed by atoms with E-state index in [4.69, 9.17) is 0 Å². The molecule has 0 amide bonds. The molecule has 1 aliphatic heterocycles. The Hall–Kier alpha value is 0.217. The van der Waals surface area contributed by atoms with Crippen molar-refractivity contribution >= 4 is 8.07 Å². The van der Waals surface area contributed by atoms with E-state index in [1.807, 2.05) is 0 Å². The maximum atomic E-state index is 2.56. The standard InChI is InChI=1S/C7H16Si/c1-3-5-8(2)6-4-7-8/h3-7H2,1-2H3. The van der Waals surface area contributed by atoms with Crippen molar-refractivity contribution in [1.82, 2.24) is 0 Å². The van der Waals surface area contributed by atoms with Gasteiger partial charge in [0.2, 0.25) is 0 Å². The summed E-state index contributed by atoms with van der Waals surface area (Å²) in [7, 11) is -0.497. The fraction of sp³-hybridized carbons (Fsp3) is 1.00. The Morgan fingerprint density at radius 2 is 2.00 bits per heavy atom. The maximum Gasteiger partial charge on any atom is 0.0504 e. The molecule has 1 saturated heterocycles. The average molecular weight is 128 g/mol. The van der Waals surface area contributed by atoms with Gasteiger partial charge in [-0.05, 0) is 0 Å². The van der Waals surface area contributed by atoms with Crippen LogP contribution in [0, 0.1) is 0 Å². The molecule has 0 aromatic rings. The smallest absolute Gasteiger partial charge is 0.0504 e. The van der Waals surface area contributed by atoms with Gasteiger partial charge in [0.25, 0.3) is 0 Å². The molecule has 1 heterocycles. The molecule has 1 aliphatic rings. The van der Waals surface area contributed by atoms with Crippen molar-refractivity contribution in [2.24, 2.45) is 0 Å². The summed E-state index contributed by atoms with van der Waals surface area (Å²) in [5.74, 6) is 0. The molecule has 0 saturated carbocycles. The first-order valence-corrected chi connectivity index (χ1v) is 6.89. The zero-order valence-electron chi connectivity index (χ0n) is 6.04. The number of hydrogen-bond acceptors (Lipinski definition) is 0. The summed E-state index contributed by atoms with van der Waals surface area (Å²) in [6, 6.07) is 4.84. The van der Waals surface area contributed by atoms with E-state index in [9.17, 15) is 0 Å². The van der Waals surface area contributed by atoms with Gasteiger partial charge in [0, 0.05) is 0 Å². The van der Waals surface area contributed by atoms with Gasteiger partial charge in [-0.1, -0.05) is 44.4 Å². The summed E-state index contributed by atoms with van der Waals surface area (Å²) in [5, 5.41) is 0. The molecule has 0 spiro atoms. The van der Waals surface area contributed by atoms with Crippen LogP contribution in [0.2, 0.25) is 24.7 Å². The van der Waals surface area contributed by atoms with Crippen LogP contribution in [-0.4, -0.2) is 8.07 Å². The fourth-order valence-corrected chi connectivity index (χ4v) is 4.90. The minimum atomic E-state index is -0.497. The Balaban J connectivity index is 2.20. The Bertz CT molecular complexity index is 74.5. The van der Waals surface area contributed by atoms with Crippen molar-refractivity contribution < 1.29 is 0 Å². The van der Waals surface area contributed by atoms with Gasteiger partial charge < -0.3 is 0 Å². The van der Waals surface area contributed by atoms with Crippen molar-refractivity contribution in [2.75, 3.05) is 0 Å². The van der Waals surface area contributed by atoms with Gasteiger partial charge >= 0.3 is 0 Å². The lowest BCUT2D eigenvalue weighted by molar-refractivity contribution is 0.857. The van der Waals surface area contributed by atoms with Crippen LogP contribution in [0.3, 0.4) is 0 Å². The van der Waals surface area contributed by atoms with Gasteiger partial charge in [0.05, 0.1) is 8.07 Å². The Kier molecular flexibility index (Phi) is 1.76. The van der Waals surface area contributed by atoms with Crippen LogP contribution in [0.25, 0.3) is 0 Å². The Morgan fingerprint density at radius 3 is 2.12 bits per heavy atom. The van der Waals surface area contributed by atoms with Crippen LogP contribution in [0.5, 0.6) is 0 Å². The molecule has 48 valence electrons. The molecule has 0 aliphatic carbocycles. The highest BCUT2D eigenvalue weighted by atomic mass is 28.3. The summed E-state index contributed by atoms with van der Waals surface area (Å²) in [4.78, 5) is 0. The SMILES string of the molecule is CCC[Si]1(C)CCC1. The second-order valence-electron chi connectivity index (χ2n) is 3.41. The highest BCUT2D eigenvalue weighted by molar-refractivity contribution is 6.81. The highest BCUT2D eigenvalue weighted by Gasteiger charge is 2.32. The van der Waals surface area contributed by atoms with Crippen molar-refractivity contribution in [3.8, 4) is 0 Å². The molecule has 8 heavy (non-hydrogen) atoms. The van der Waals surface area contributed by atoms with E-state index in [1.165, 1.54) is 6.42 Å². The van der Waals surface area contributed by atoms with Gasteiger partial charge in [-0.2, -0.15) is 0 Å². The molecule has 1 heteroatoms. The fourth-order valence-electron chi connectivity index (χ4n) is 1.63. The molecule has 0 N–H and O–H groups in total. The summed E-state index contributed by atoms with van der Waals surface area (Å²) in [5.41, 5.74) is 0. The molecule has 0 aromatic carbocycles. The third kappa shape index (κ3) is 1.13. The van der Waals surface area contributed by atoms with E-state index >= 15 is 0 Å². The summed E-state index contributed by atoms with van der Waals surface area (Å²) in [6.45, 7) is 4.87. The zero-order chi connectivity index (χ0) is 6.04. The molecule has 1 rings (SSSR count). The van der Waals surface area contributed by atoms with Gasteiger partial charge in [-0.15, -0.1) is 0 Å². The third-order valence-corrected chi connectivity index (χ3v) is 7.24. The van der Waals surface area contributed by atoms with Gasteiger partial charge in [-0.25, -0.2) is 0 Å². The van der Waals surface area contributed by atoms with E-state index in [2.05, 4.69) is 13.5 Å². The molecular weight excluding hydrogens is 112 g/mol.